The number of allylic oxidation sites excluding steroid dienone is 1. The average Bonchev–Trinajstić information content (AvgIpc) is 2.59. The van der Waals surface area contributed by atoms with Gasteiger partial charge < -0.3 is 9.29 Å². The van der Waals surface area contributed by atoms with Gasteiger partial charge in [-0.2, -0.15) is 8.42 Å². The largest absolute Gasteiger partial charge is 0.380 e. The van der Waals surface area contributed by atoms with E-state index in [-0.39, 0.29) is 10.5 Å². The van der Waals surface area contributed by atoms with Gasteiger partial charge in [0.05, 0.1) is 0 Å². The molecule has 0 fully saturated rings. The molecule has 134 valence electrons. The maximum Gasteiger partial charge on any atom is 0.339 e. The third kappa shape index (κ3) is 4.61. The lowest BCUT2D eigenvalue weighted by Crippen LogP contribution is -2.15. The number of aliphatic hydroxyl groups is 1. The van der Waals surface area contributed by atoms with Crippen molar-refractivity contribution in [2.24, 2.45) is 0 Å². The molecule has 2 rings (SSSR count). The van der Waals surface area contributed by atoms with E-state index in [1.165, 1.54) is 48.5 Å². The van der Waals surface area contributed by atoms with E-state index in [1.807, 2.05) is 0 Å². The Bertz CT molecular complexity index is 847. The van der Waals surface area contributed by atoms with E-state index in [2.05, 4.69) is 4.18 Å². The Balaban J connectivity index is 2.44. The Labute approximate surface area is 143 Å². The molecule has 8 heteroatoms. The van der Waals surface area contributed by atoms with Crippen molar-refractivity contribution in [3.05, 3.63) is 77.3 Å². The number of halogens is 3. The van der Waals surface area contributed by atoms with Gasteiger partial charge in [-0.05, 0) is 24.6 Å². The maximum atomic E-state index is 13.8. The zero-order valence-corrected chi connectivity index (χ0v) is 13.9. The van der Waals surface area contributed by atoms with Crippen LogP contribution in [-0.2, 0) is 14.3 Å². The van der Waals surface area contributed by atoms with Crippen LogP contribution in [-0.4, -0.2) is 19.9 Å². The Kier molecular flexibility index (Phi) is 5.86. The van der Waals surface area contributed by atoms with Gasteiger partial charge in [-0.15, -0.1) is 0 Å². The summed E-state index contributed by atoms with van der Waals surface area (Å²) in [4.78, 5) is -0.349. The average molecular weight is 372 g/mol. The molecule has 0 spiro atoms. The van der Waals surface area contributed by atoms with Crippen molar-refractivity contribution >= 4 is 10.1 Å². The van der Waals surface area contributed by atoms with E-state index < -0.39 is 34.2 Å². The number of hydrogen-bond acceptors (Lipinski definition) is 4. The van der Waals surface area contributed by atoms with E-state index in [0.717, 1.165) is 5.56 Å². The minimum absolute atomic E-state index is 0.00686. The Hall–Kier alpha value is -2.32. The molecule has 2 aromatic carbocycles. The van der Waals surface area contributed by atoms with Crippen LogP contribution in [0.2, 0.25) is 0 Å². The molecule has 0 saturated carbocycles. The number of alkyl halides is 2. The van der Waals surface area contributed by atoms with Crippen molar-refractivity contribution < 1.29 is 30.9 Å². The van der Waals surface area contributed by atoms with Gasteiger partial charge in [0.1, 0.15) is 11.0 Å². The molecule has 4 nitrogen and oxygen atoms in total. The molecule has 25 heavy (non-hydrogen) atoms. The third-order valence-electron chi connectivity index (χ3n) is 3.30. The number of aliphatic hydroxyl groups excluding tert-OH is 1. The third-order valence-corrected chi connectivity index (χ3v) is 4.55. The van der Waals surface area contributed by atoms with E-state index in [4.69, 9.17) is 0 Å². The summed E-state index contributed by atoms with van der Waals surface area (Å²) in [5.41, 5.74) is 0.769. The summed E-state index contributed by atoms with van der Waals surface area (Å²) >= 11 is 0. The molecule has 0 aliphatic heterocycles. The Morgan fingerprint density at radius 2 is 1.60 bits per heavy atom. The lowest BCUT2D eigenvalue weighted by molar-refractivity contribution is 0.118. The molecule has 1 unspecified atom stereocenters. The topological polar surface area (TPSA) is 63.6 Å². The predicted molar refractivity (Wildman–Crippen MR) is 85.0 cm³/mol. The molecule has 0 heterocycles. The molecule has 1 N–H and O–H groups in total. The fourth-order valence-electron chi connectivity index (χ4n) is 1.98. The summed E-state index contributed by atoms with van der Waals surface area (Å²) in [6.07, 6.45) is -5.64. The molecule has 0 radical (unpaired) electrons. The minimum atomic E-state index is -4.60. The monoisotopic (exact) mass is 372 g/mol. The van der Waals surface area contributed by atoms with Crippen LogP contribution in [0.1, 0.15) is 17.2 Å². The molecular formula is C17H15F3O4S. The van der Waals surface area contributed by atoms with Gasteiger partial charge in [0.25, 0.3) is 6.43 Å². The minimum Gasteiger partial charge on any atom is -0.380 e. The van der Waals surface area contributed by atoms with Crippen molar-refractivity contribution in [2.75, 3.05) is 0 Å². The lowest BCUT2D eigenvalue weighted by atomic mass is 10.1. The van der Waals surface area contributed by atoms with Crippen LogP contribution in [0.15, 0.2) is 71.1 Å². The van der Waals surface area contributed by atoms with Gasteiger partial charge in [-0.25, -0.2) is 13.2 Å². The molecule has 1 atom stereocenters. The second kappa shape index (κ2) is 7.71. The van der Waals surface area contributed by atoms with E-state index >= 15 is 0 Å². The summed E-state index contributed by atoms with van der Waals surface area (Å²) in [6, 6.07) is 12.5. The highest BCUT2D eigenvalue weighted by atomic mass is 32.2. The zero-order chi connectivity index (χ0) is 18.6. The number of rotatable bonds is 6. The zero-order valence-electron chi connectivity index (χ0n) is 13.1. The van der Waals surface area contributed by atoms with Crippen molar-refractivity contribution in [2.45, 2.75) is 24.3 Å². The molecule has 0 aromatic heterocycles. The van der Waals surface area contributed by atoms with E-state index in [0.29, 0.717) is 0 Å². The van der Waals surface area contributed by atoms with Crippen molar-refractivity contribution in [1.29, 1.82) is 0 Å². The number of aryl methyl sites for hydroxylation is 1. The van der Waals surface area contributed by atoms with Gasteiger partial charge in [-0.3, -0.25) is 0 Å². The fraction of sp³-hybridized carbons (Fsp3) is 0.176. The van der Waals surface area contributed by atoms with Crippen LogP contribution in [0.25, 0.3) is 0 Å². The second-order valence-electron chi connectivity index (χ2n) is 5.18. The number of benzene rings is 2. The first kappa shape index (κ1) is 19.0. The summed E-state index contributed by atoms with van der Waals surface area (Å²) in [7, 11) is -4.60. The summed E-state index contributed by atoms with van der Waals surface area (Å²) < 4.78 is 68.4. The van der Waals surface area contributed by atoms with Gasteiger partial charge in [0.15, 0.2) is 5.76 Å². The van der Waals surface area contributed by atoms with Crippen LogP contribution < -0.4 is 0 Å². The summed E-state index contributed by atoms with van der Waals surface area (Å²) in [5, 5.41) is 10.1. The molecule has 2 aromatic rings. The molecule has 0 aliphatic rings. The second-order valence-corrected chi connectivity index (χ2v) is 6.72. The van der Waals surface area contributed by atoms with Crippen LogP contribution in [0.4, 0.5) is 13.2 Å². The van der Waals surface area contributed by atoms with Crippen LogP contribution in [0, 0.1) is 6.92 Å². The normalized spacial score (nSPS) is 14.2. The van der Waals surface area contributed by atoms with Gasteiger partial charge in [0.2, 0.25) is 5.83 Å². The van der Waals surface area contributed by atoms with Gasteiger partial charge >= 0.3 is 10.1 Å². The summed E-state index contributed by atoms with van der Waals surface area (Å²) in [5.74, 6) is -3.51. The van der Waals surface area contributed by atoms with Crippen molar-refractivity contribution in [3.8, 4) is 0 Å². The highest BCUT2D eigenvalue weighted by Crippen LogP contribution is 2.31. The van der Waals surface area contributed by atoms with E-state index in [9.17, 15) is 26.7 Å². The van der Waals surface area contributed by atoms with Gasteiger partial charge in [0, 0.05) is 0 Å². The van der Waals surface area contributed by atoms with Gasteiger partial charge in [-0.1, -0.05) is 48.0 Å². The molecule has 0 amide bonds. The molecule has 0 saturated heterocycles. The fourth-order valence-corrected chi connectivity index (χ4v) is 2.95. The summed E-state index contributed by atoms with van der Waals surface area (Å²) in [6.45, 7) is 1.72. The first-order valence-corrected chi connectivity index (χ1v) is 8.55. The Morgan fingerprint density at radius 1 is 1.04 bits per heavy atom. The number of hydrogen-bond donors (Lipinski definition) is 1. The quantitative estimate of drug-likeness (QED) is 0.617. The van der Waals surface area contributed by atoms with Crippen LogP contribution in [0.5, 0.6) is 0 Å². The van der Waals surface area contributed by atoms with E-state index in [1.54, 1.807) is 13.0 Å². The Morgan fingerprint density at radius 3 is 2.12 bits per heavy atom. The van der Waals surface area contributed by atoms with Crippen molar-refractivity contribution in [1.82, 2.24) is 0 Å². The smallest absolute Gasteiger partial charge is 0.339 e. The first-order valence-electron chi connectivity index (χ1n) is 7.14. The highest BCUT2D eigenvalue weighted by Gasteiger charge is 2.30. The highest BCUT2D eigenvalue weighted by molar-refractivity contribution is 7.86. The van der Waals surface area contributed by atoms with Crippen LogP contribution >= 0.6 is 0 Å². The standard InChI is InChI=1S/C17H15F3O4S/c1-11-7-9-13(10-8-11)25(22,23)24-16(14(18)17(19)20)15(21)12-5-3-2-4-6-12/h2-10,15,17,21H,1H3/b16-14-. The van der Waals surface area contributed by atoms with Crippen LogP contribution in [0.3, 0.4) is 0 Å². The SMILES string of the molecule is Cc1ccc(S(=O)(=O)O/C(=C(\F)C(F)F)C(O)c2ccccc2)cc1. The lowest BCUT2D eigenvalue weighted by Gasteiger charge is -2.17. The van der Waals surface area contributed by atoms with Crippen molar-refractivity contribution in [3.63, 3.8) is 0 Å². The molecule has 0 aliphatic carbocycles. The maximum absolute atomic E-state index is 13.8. The molecular weight excluding hydrogens is 357 g/mol. The predicted octanol–water partition coefficient (Wildman–Crippen LogP) is 3.88. The molecule has 0 bridgehead atoms. The first-order chi connectivity index (χ1) is 11.7.